The van der Waals surface area contributed by atoms with Crippen molar-refractivity contribution >= 4 is 22.9 Å². The molecule has 10 heteroatoms. The van der Waals surface area contributed by atoms with Gasteiger partial charge in [0.1, 0.15) is 11.5 Å². The molecule has 0 spiro atoms. The molecular weight excluding hydrogens is 449 g/mol. The molecule has 2 N–H and O–H groups in total. The minimum Gasteiger partial charge on any atom is -0.405 e. The quantitative estimate of drug-likeness (QED) is 0.455. The van der Waals surface area contributed by atoms with E-state index in [1.807, 2.05) is 6.07 Å². The Morgan fingerprint density at radius 1 is 1.17 bits per heavy atom. The van der Waals surface area contributed by atoms with Gasteiger partial charge in [-0.05, 0) is 31.0 Å². The van der Waals surface area contributed by atoms with Gasteiger partial charge in [0.15, 0.2) is 23.0 Å². The highest BCUT2D eigenvalue weighted by Crippen LogP contribution is 2.29. The zero-order valence-corrected chi connectivity index (χ0v) is 19.4. The summed E-state index contributed by atoms with van der Waals surface area (Å²) in [6.07, 6.45) is 7.88. The highest BCUT2D eigenvalue weighted by molar-refractivity contribution is 5.89. The Hall–Kier alpha value is -4.08. The van der Waals surface area contributed by atoms with Crippen LogP contribution in [0.25, 0.3) is 22.6 Å². The first-order valence-corrected chi connectivity index (χ1v) is 11.6. The van der Waals surface area contributed by atoms with E-state index in [4.69, 9.17) is 10.5 Å². The molecule has 1 aliphatic carbocycles. The third kappa shape index (κ3) is 4.64. The lowest BCUT2D eigenvalue weighted by molar-refractivity contribution is 0.133. The molecule has 4 aromatic rings. The normalized spacial score (nSPS) is 14.2. The summed E-state index contributed by atoms with van der Waals surface area (Å²) in [4.78, 5) is 27.4. The van der Waals surface area contributed by atoms with Crippen LogP contribution in [0.3, 0.4) is 0 Å². The highest BCUT2D eigenvalue weighted by atomic mass is 19.1. The third-order valence-corrected chi connectivity index (χ3v) is 6.39. The van der Waals surface area contributed by atoms with Crippen LogP contribution in [0, 0.1) is 5.82 Å². The lowest BCUT2D eigenvalue weighted by Crippen LogP contribution is -2.40. The first-order valence-electron chi connectivity index (χ1n) is 11.6. The van der Waals surface area contributed by atoms with Crippen molar-refractivity contribution in [1.29, 1.82) is 0 Å². The number of nitrogens with zero attached hydrogens (tertiary/aromatic N) is 6. The average Bonchev–Trinajstić information content (AvgIpc) is 3.25. The van der Waals surface area contributed by atoms with Crippen LogP contribution in [0.5, 0.6) is 5.75 Å². The molecule has 0 atom stereocenters. The van der Waals surface area contributed by atoms with Crippen LogP contribution in [0.4, 0.5) is 15.0 Å². The van der Waals surface area contributed by atoms with Crippen LogP contribution >= 0.6 is 0 Å². The van der Waals surface area contributed by atoms with E-state index in [1.165, 1.54) is 18.7 Å². The van der Waals surface area contributed by atoms with E-state index in [0.717, 1.165) is 25.7 Å². The summed E-state index contributed by atoms with van der Waals surface area (Å²) in [7, 11) is 1.74. The van der Waals surface area contributed by atoms with Gasteiger partial charge in [-0.3, -0.25) is 0 Å². The predicted molar refractivity (Wildman–Crippen MR) is 129 cm³/mol. The number of benzene rings is 1. The Morgan fingerprint density at radius 2 is 1.97 bits per heavy atom. The van der Waals surface area contributed by atoms with E-state index in [9.17, 15) is 9.18 Å². The molecule has 3 aromatic heterocycles. The van der Waals surface area contributed by atoms with Crippen LogP contribution in [0.15, 0.2) is 48.8 Å². The van der Waals surface area contributed by atoms with Crippen LogP contribution < -0.4 is 10.5 Å². The molecule has 35 heavy (non-hydrogen) atoms. The van der Waals surface area contributed by atoms with Gasteiger partial charge in [-0.1, -0.05) is 37.5 Å². The largest absolute Gasteiger partial charge is 0.415 e. The standard InChI is InChI=1S/C25H26FN7O2/c1-32(17-9-3-2-4-10-17)25(34)35-20-14-29-23(30-22(20)27)21-18-11-7-13-28-24(18)33(31-21)15-16-8-5-6-12-19(16)26/h5-8,11-14,17H,2-4,9-10,15H2,1H3,(H2,27,29,30). The topological polar surface area (TPSA) is 112 Å². The van der Waals surface area contributed by atoms with Crippen LogP contribution in [-0.4, -0.2) is 48.8 Å². The van der Waals surface area contributed by atoms with Gasteiger partial charge in [-0.2, -0.15) is 5.10 Å². The molecule has 1 aliphatic rings. The predicted octanol–water partition coefficient (Wildman–Crippen LogP) is 4.42. The summed E-state index contributed by atoms with van der Waals surface area (Å²) < 4.78 is 21.3. The molecule has 5 rings (SSSR count). The molecule has 1 aromatic carbocycles. The number of rotatable bonds is 5. The Balaban J connectivity index is 1.41. The molecule has 0 radical (unpaired) electrons. The monoisotopic (exact) mass is 475 g/mol. The van der Waals surface area contributed by atoms with Crippen molar-refractivity contribution in [2.24, 2.45) is 0 Å². The molecule has 0 bridgehead atoms. The maximum absolute atomic E-state index is 14.2. The highest BCUT2D eigenvalue weighted by Gasteiger charge is 2.25. The molecule has 3 heterocycles. The summed E-state index contributed by atoms with van der Waals surface area (Å²) in [5, 5.41) is 5.31. The maximum atomic E-state index is 14.2. The van der Waals surface area contributed by atoms with E-state index in [1.54, 1.807) is 47.1 Å². The fraction of sp³-hybridized carbons (Fsp3) is 0.320. The number of anilines is 1. The van der Waals surface area contributed by atoms with E-state index < -0.39 is 6.09 Å². The van der Waals surface area contributed by atoms with Gasteiger partial charge >= 0.3 is 6.09 Å². The van der Waals surface area contributed by atoms with Gasteiger partial charge in [-0.25, -0.2) is 28.8 Å². The van der Waals surface area contributed by atoms with E-state index in [-0.39, 0.29) is 35.8 Å². The number of nitrogen functional groups attached to an aromatic ring is 1. The molecular formula is C25H26FN7O2. The summed E-state index contributed by atoms with van der Waals surface area (Å²) >= 11 is 0. The van der Waals surface area contributed by atoms with E-state index in [2.05, 4.69) is 20.1 Å². The Bertz CT molecular complexity index is 1370. The number of pyridine rings is 1. The lowest BCUT2D eigenvalue weighted by Gasteiger charge is -2.30. The number of ether oxygens (including phenoxy) is 1. The summed E-state index contributed by atoms with van der Waals surface area (Å²) in [6.45, 7) is 0.193. The number of hydrogen-bond donors (Lipinski definition) is 1. The second-order valence-electron chi connectivity index (χ2n) is 8.69. The van der Waals surface area contributed by atoms with Crippen molar-refractivity contribution < 1.29 is 13.9 Å². The van der Waals surface area contributed by atoms with Crippen molar-refractivity contribution in [1.82, 2.24) is 29.6 Å². The van der Waals surface area contributed by atoms with Crippen molar-refractivity contribution in [2.45, 2.75) is 44.7 Å². The molecule has 180 valence electrons. The summed E-state index contributed by atoms with van der Waals surface area (Å²) in [5.74, 6) is 0.0578. The number of hydrogen-bond acceptors (Lipinski definition) is 7. The molecule has 1 saturated carbocycles. The summed E-state index contributed by atoms with van der Waals surface area (Å²) in [6, 6.07) is 10.3. The smallest absolute Gasteiger partial charge is 0.405 e. The van der Waals surface area contributed by atoms with E-state index in [0.29, 0.717) is 22.3 Å². The van der Waals surface area contributed by atoms with Gasteiger partial charge in [0.05, 0.1) is 18.1 Å². The van der Waals surface area contributed by atoms with Crippen molar-refractivity contribution in [2.75, 3.05) is 12.8 Å². The van der Waals surface area contributed by atoms with Crippen LogP contribution in [0.1, 0.15) is 37.7 Å². The molecule has 1 fully saturated rings. The minimum absolute atomic E-state index is 0.0288. The lowest BCUT2D eigenvalue weighted by atomic mass is 9.95. The first-order chi connectivity index (χ1) is 17.0. The number of halogens is 1. The number of amides is 1. The number of carbonyl (C=O) groups excluding carboxylic acids is 1. The molecule has 1 amide bonds. The third-order valence-electron chi connectivity index (χ3n) is 6.39. The van der Waals surface area contributed by atoms with Gasteiger partial charge in [0.25, 0.3) is 0 Å². The van der Waals surface area contributed by atoms with Crippen LogP contribution in [0.2, 0.25) is 0 Å². The zero-order valence-electron chi connectivity index (χ0n) is 19.4. The average molecular weight is 476 g/mol. The minimum atomic E-state index is -0.483. The fourth-order valence-electron chi connectivity index (χ4n) is 4.43. The van der Waals surface area contributed by atoms with Gasteiger partial charge in [-0.15, -0.1) is 0 Å². The van der Waals surface area contributed by atoms with Crippen molar-refractivity contribution in [3.05, 3.63) is 60.2 Å². The number of aromatic nitrogens is 5. The molecule has 0 aliphatic heterocycles. The van der Waals surface area contributed by atoms with E-state index >= 15 is 0 Å². The molecule has 0 unspecified atom stereocenters. The Kier molecular flexibility index (Phi) is 6.26. The second-order valence-corrected chi connectivity index (χ2v) is 8.69. The fourth-order valence-corrected chi connectivity index (χ4v) is 4.43. The number of carbonyl (C=O) groups is 1. The van der Waals surface area contributed by atoms with Crippen molar-refractivity contribution in [3.8, 4) is 17.3 Å². The SMILES string of the molecule is CN(C(=O)Oc1cnc(-c2nn(Cc3ccccc3F)c3ncccc23)nc1N)C1CCCCC1. The number of fused-ring (bicyclic) bond motifs is 1. The van der Waals surface area contributed by atoms with Gasteiger partial charge < -0.3 is 15.4 Å². The molecule has 9 nitrogen and oxygen atoms in total. The number of nitrogens with two attached hydrogens (primary N) is 1. The van der Waals surface area contributed by atoms with Crippen LogP contribution in [-0.2, 0) is 6.54 Å². The van der Waals surface area contributed by atoms with Gasteiger partial charge in [0.2, 0.25) is 0 Å². The summed E-state index contributed by atoms with van der Waals surface area (Å²) in [5.41, 5.74) is 7.64. The first kappa shape index (κ1) is 22.7. The van der Waals surface area contributed by atoms with Crippen molar-refractivity contribution in [3.63, 3.8) is 0 Å². The maximum Gasteiger partial charge on any atom is 0.415 e. The zero-order chi connectivity index (χ0) is 24.4. The Morgan fingerprint density at radius 3 is 2.74 bits per heavy atom. The Labute approximate surface area is 201 Å². The molecule has 0 saturated heterocycles. The second kappa shape index (κ2) is 9.65. The van der Waals surface area contributed by atoms with Gasteiger partial charge in [0, 0.05) is 24.8 Å².